The second-order valence-electron chi connectivity index (χ2n) is 5.98. The largest absolute Gasteiger partial charge is 0.508 e. The van der Waals surface area contributed by atoms with Gasteiger partial charge in [-0.2, -0.15) is 0 Å². The van der Waals surface area contributed by atoms with E-state index in [1.54, 1.807) is 24.3 Å². The van der Waals surface area contributed by atoms with Gasteiger partial charge >= 0.3 is 0 Å². The average Bonchev–Trinajstić information content (AvgIpc) is 2.60. The Balaban J connectivity index is 2.17. The number of amides is 1. The van der Waals surface area contributed by atoms with Crippen molar-refractivity contribution in [3.05, 3.63) is 78.4 Å². The Morgan fingerprint density at radius 1 is 1.21 bits per heavy atom. The van der Waals surface area contributed by atoms with E-state index in [0.717, 1.165) is 11.1 Å². The molecule has 1 N–H and O–H groups in total. The van der Waals surface area contributed by atoms with Crippen LogP contribution in [0.1, 0.15) is 30.9 Å². The molecule has 2 aromatic rings. The van der Waals surface area contributed by atoms with Crippen LogP contribution < -0.4 is 0 Å². The molecule has 0 aliphatic rings. The molecule has 0 bridgehead atoms. The number of carbonyl (C=O) groups excluding carboxylic acids is 1. The fraction of sp³-hybridized carbons (Fsp3) is 0.286. The van der Waals surface area contributed by atoms with Gasteiger partial charge < -0.3 is 10.0 Å². The van der Waals surface area contributed by atoms with Gasteiger partial charge in [-0.3, -0.25) is 4.79 Å². The minimum Gasteiger partial charge on any atom is -0.508 e. The lowest BCUT2D eigenvalue weighted by atomic mass is 9.86. The summed E-state index contributed by atoms with van der Waals surface area (Å²) in [6.07, 6.45) is 1.79. The van der Waals surface area contributed by atoms with Crippen molar-refractivity contribution in [2.75, 3.05) is 6.54 Å². The molecule has 2 rings (SSSR count). The van der Waals surface area contributed by atoms with E-state index < -0.39 is 0 Å². The summed E-state index contributed by atoms with van der Waals surface area (Å²) in [7, 11) is 0. The van der Waals surface area contributed by atoms with Gasteiger partial charge in [-0.15, -0.1) is 6.58 Å². The van der Waals surface area contributed by atoms with Gasteiger partial charge in [0.25, 0.3) is 0 Å². The Morgan fingerprint density at radius 3 is 2.50 bits per heavy atom. The van der Waals surface area contributed by atoms with Crippen molar-refractivity contribution in [2.24, 2.45) is 5.92 Å². The molecule has 3 nitrogen and oxygen atoms in total. The average molecular weight is 323 g/mol. The van der Waals surface area contributed by atoms with E-state index in [1.165, 1.54) is 0 Å². The molecule has 0 radical (unpaired) electrons. The van der Waals surface area contributed by atoms with Crippen LogP contribution in [0.15, 0.2) is 67.3 Å². The molecule has 2 aromatic carbocycles. The van der Waals surface area contributed by atoms with E-state index in [9.17, 15) is 9.90 Å². The third-order valence-electron chi connectivity index (χ3n) is 4.35. The molecule has 0 aromatic heterocycles. The number of nitrogens with zero attached hydrogens (tertiary/aromatic N) is 1. The van der Waals surface area contributed by atoms with Crippen molar-refractivity contribution in [3.63, 3.8) is 0 Å². The maximum absolute atomic E-state index is 13.0. The summed E-state index contributed by atoms with van der Waals surface area (Å²) < 4.78 is 0. The Labute approximate surface area is 144 Å². The van der Waals surface area contributed by atoms with Crippen molar-refractivity contribution in [2.45, 2.75) is 26.3 Å². The summed E-state index contributed by atoms with van der Waals surface area (Å²) in [5.74, 6) is -0.0763. The molecular weight excluding hydrogens is 298 g/mol. The van der Waals surface area contributed by atoms with Crippen LogP contribution in [0.3, 0.4) is 0 Å². The zero-order valence-corrected chi connectivity index (χ0v) is 14.4. The summed E-state index contributed by atoms with van der Waals surface area (Å²) >= 11 is 0. The molecule has 3 heteroatoms. The predicted molar refractivity (Wildman–Crippen MR) is 97.7 cm³/mol. The van der Waals surface area contributed by atoms with E-state index >= 15 is 0 Å². The normalized spacial score (nSPS) is 13.1. The number of aromatic hydroxyl groups is 1. The molecule has 0 saturated heterocycles. The van der Waals surface area contributed by atoms with E-state index in [2.05, 4.69) is 6.58 Å². The van der Waals surface area contributed by atoms with Crippen molar-refractivity contribution in [1.82, 2.24) is 4.90 Å². The quantitative estimate of drug-likeness (QED) is 0.770. The summed E-state index contributed by atoms with van der Waals surface area (Å²) in [4.78, 5) is 14.8. The molecule has 2 unspecified atom stereocenters. The second-order valence-corrected chi connectivity index (χ2v) is 5.98. The maximum Gasteiger partial charge on any atom is 0.226 e. The smallest absolute Gasteiger partial charge is 0.226 e. The fourth-order valence-corrected chi connectivity index (χ4v) is 2.95. The van der Waals surface area contributed by atoms with Gasteiger partial charge in [0, 0.05) is 24.9 Å². The minimum absolute atomic E-state index is 0.0922. The summed E-state index contributed by atoms with van der Waals surface area (Å²) in [6.45, 7) is 9.06. The summed E-state index contributed by atoms with van der Waals surface area (Å²) in [6, 6.07) is 17.0. The van der Waals surface area contributed by atoms with Crippen molar-refractivity contribution in [1.29, 1.82) is 0 Å². The highest BCUT2D eigenvalue weighted by Gasteiger charge is 2.27. The molecule has 1 amide bonds. The lowest BCUT2D eigenvalue weighted by Gasteiger charge is -2.28. The molecule has 0 aliphatic heterocycles. The zero-order chi connectivity index (χ0) is 17.5. The first-order valence-electron chi connectivity index (χ1n) is 8.31. The number of hydrogen-bond donors (Lipinski definition) is 1. The fourth-order valence-electron chi connectivity index (χ4n) is 2.95. The van der Waals surface area contributed by atoms with E-state index in [-0.39, 0.29) is 23.5 Å². The van der Waals surface area contributed by atoms with Gasteiger partial charge in [0.05, 0.1) is 0 Å². The number of carbonyl (C=O) groups is 1. The van der Waals surface area contributed by atoms with Gasteiger partial charge in [0.2, 0.25) is 5.91 Å². The predicted octanol–water partition coefficient (Wildman–Crippen LogP) is 4.35. The lowest BCUT2D eigenvalue weighted by Crippen LogP contribution is -2.36. The highest BCUT2D eigenvalue weighted by Crippen LogP contribution is 2.29. The lowest BCUT2D eigenvalue weighted by molar-refractivity contribution is -0.135. The number of hydrogen-bond acceptors (Lipinski definition) is 2. The van der Waals surface area contributed by atoms with Crippen LogP contribution in [-0.4, -0.2) is 22.5 Å². The van der Waals surface area contributed by atoms with Crippen LogP contribution in [0.25, 0.3) is 0 Å². The number of allylic oxidation sites excluding steroid dienone is 1. The van der Waals surface area contributed by atoms with Crippen LogP contribution in [0, 0.1) is 5.92 Å². The van der Waals surface area contributed by atoms with Crippen LogP contribution in [0.4, 0.5) is 0 Å². The van der Waals surface area contributed by atoms with Gasteiger partial charge in [-0.1, -0.05) is 55.5 Å². The second kappa shape index (κ2) is 8.34. The molecule has 0 heterocycles. The first-order valence-corrected chi connectivity index (χ1v) is 8.31. The van der Waals surface area contributed by atoms with Crippen molar-refractivity contribution in [3.8, 4) is 5.75 Å². The van der Waals surface area contributed by atoms with E-state index in [4.69, 9.17) is 0 Å². The highest BCUT2D eigenvalue weighted by atomic mass is 16.3. The van der Waals surface area contributed by atoms with Crippen molar-refractivity contribution >= 4 is 5.91 Å². The van der Waals surface area contributed by atoms with Crippen LogP contribution >= 0.6 is 0 Å². The first kappa shape index (κ1) is 17.8. The Kier molecular flexibility index (Phi) is 6.19. The summed E-state index contributed by atoms with van der Waals surface area (Å²) in [5.41, 5.74) is 2.02. The molecule has 0 aliphatic carbocycles. The monoisotopic (exact) mass is 323 g/mol. The maximum atomic E-state index is 13.0. The SMILES string of the molecule is C=CC(c1cccc(O)c1)C(C)C(=O)N(CC)Cc1ccccc1. The van der Waals surface area contributed by atoms with Crippen LogP contribution in [0.5, 0.6) is 5.75 Å². The standard InChI is InChI=1S/C21H25NO2/c1-4-20(18-12-9-13-19(23)14-18)16(3)21(24)22(5-2)15-17-10-7-6-8-11-17/h4,6-14,16,20,23H,1,5,15H2,2-3H3. The van der Waals surface area contributed by atoms with Crippen LogP contribution in [0.2, 0.25) is 0 Å². The Hall–Kier alpha value is -2.55. The van der Waals surface area contributed by atoms with E-state index in [0.29, 0.717) is 13.1 Å². The Morgan fingerprint density at radius 2 is 1.92 bits per heavy atom. The number of phenolic OH excluding ortho intramolecular Hbond substituents is 1. The topological polar surface area (TPSA) is 40.5 Å². The first-order chi connectivity index (χ1) is 11.6. The third-order valence-corrected chi connectivity index (χ3v) is 4.35. The molecule has 0 fully saturated rings. The molecule has 0 saturated carbocycles. The molecule has 0 spiro atoms. The molecule has 24 heavy (non-hydrogen) atoms. The number of rotatable bonds is 7. The zero-order valence-electron chi connectivity index (χ0n) is 14.4. The molecule has 126 valence electrons. The van der Waals surface area contributed by atoms with Gasteiger partial charge in [0.15, 0.2) is 0 Å². The number of phenols is 1. The molecule has 2 atom stereocenters. The molecular formula is C21H25NO2. The van der Waals surface area contributed by atoms with Crippen LogP contribution in [-0.2, 0) is 11.3 Å². The van der Waals surface area contributed by atoms with Gasteiger partial charge in [-0.05, 0) is 30.2 Å². The van der Waals surface area contributed by atoms with Gasteiger partial charge in [-0.25, -0.2) is 0 Å². The number of benzene rings is 2. The van der Waals surface area contributed by atoms with E-state index in [1.807, 2.05) is 55.1 Å². The summed E-state index contributed by atoms with van der Waals surface area (Å²) in [5, 5.41) is 9.70. The third kappa shape index (κ3) is 4.25. The van der Waals surface area contributed by atoms with Gasteiger partial charge in [0.1, 0.15) is 5.75 Å². The highest BCUT2D eigenvalue weighted by molar-refractivity contribution is 5.80. The Bertz CT molecular complexity index is 681. The van der Waals surface area contributed by atoms with Crippen molar-refractivity contribution < 1.29 is 9.90 Å². The minimum atomic E-state index is -0.243.